The molecule has 4 heteroatoms. The predicted octanol–water partition coefficient (Wildman–Crippen LogP) is 2.30. The lowest BCUT2D eigenvalue weighted by atomic mass is 9.94. The second-order valence-electron chi connectivity index (χ2n) is 4.48. The molecule has 0 saturated heterocycles. The molecule has 0 saturated carbocycles. The van der Waals surface area contributed by atoms with Crippen LogP contribution in [0.2, 0.25) is 0 Å². The molecule has 2 rings (SSSR count). The summed E-state index contributed by atoms with van der Waals surface area (Å²) in [5, 5.41) is 0. The smallest absolute Gasteiger partial charge is 0.0583 e. The number of nitrogens with two attached hydrogens (primary N) is 4. The van der Waals surface area contributed by atoms with Gasteiger partial charge in [-0.3, -0.25) is 0 Å². The molecule has 0 aromatic heterocycles. The average molecular weight is 242 g/mol. The lowest BCUT2D eigenvalue weighted by Crippen LogP contribution is -2.02. The van der Waals surface area contributed by atoms with E-state index in [4.69, 9.17) is 22.9 Å². The number of hydrogen-bond donors (Lipinski definition) is 4. The number of anilines is 4. The highest BCUT2D eigenvalue weighted by Crippen LogP contribution is 2.35. The number of benzene rings is 2. The zero-order chi connectivity index (χ0) is 13.4. The van der Waals surface area contributed by atoms with E-state index in [9.17, 15) is 0 Å². The molecule has 0 bridgehead atoms. The van der Waals surface area contributed by atoms with Gasteiger partial charge in [0.1, 0.15) is 0 Å². The van der Waals surface area contributed by atoms with Crippen molar-refractivity contribution in [2.45, 2.75) is 13.8 Å². The fourth-order valence-electron chi connectivity index (χ4n) is 2.08. The van der Waals surface area contributed by atoms with Crippen LogP contribution in [0.15, 0.2) is 24.3 Å². The maximum atomic E-state index is 5.96. The second-order valence-corrected chi connectivity index (χ2v) is 4.48. The summed E-state index contributed by atoms with van der Waals surface area (Å²) < 4.78 is 0. The summed E-state index contributed by atoms with van der Waals surface area (Å²) >= 11 is 0. The molecular weight excluding hydrogens is 224 g/mol. The lowest BCUT2D eigenvalue weighted by molar-refractivity contribution is 1.41. The Kier molecular flexibility index (Phi) is 2.79. The van der Waals surface area contributed by atoms with Crippen molar-refractivity contribution in [1.29, 1.82) is 0 Å². The zero-order valence-electron chi connectivity index (χ0n) is 10.6. The van der Waals surface area contributed by atoms with Crippen LogP contribution in [0.4, 0.5) is 22.7 Å². The van der Waals surface area contributed by atoms with Gasteiger partial charge in [0.15, 0.2) is 0 Å². The van der Waals surface area contributed by atoms with Crippen LogP contribution in [0.1, 0.15) is 11.1 Å². The van der Waals surface area contributed by atoms with Crippen molar-refractivity contribution < 1.29 is 0 Å². The molecule has 94 valence electrons. The van der Waals surface area contributed by atoms with Crippen LogP contribution in [0, 0.1) is 13.8 Å². The van der Waals surface area contributed by atoms with Crippen molar-refractivity contribution in [3.05, 3.63) is 35.4 Å². The van der Waals surface area contributed by atoms with E-state index in [0.29, 0.717) is 22.7 Å². The monoisotopic (exact) mass is 242 g/mol. The Labute approximate surface area is 107 Å². The first-order chi connectivity index (χ1) is 8.43. The molecule has 4 nitrogen and oxygen atoms in total. The first-order valence-corrected chi connectivity index (χ1v) is 5.73. The van der Waals surface area contributed by atoms with E-state index in [1.165, 1.54) is 0 Å². The van der Waals surface area contributed by atoms with E-state index in [-0.39, 0.29) is 0 Å². The van der Waals surface area contributed by atoms with Gasteiger partial charge in [0, 0.05) is 0 Å². The largest absolute Gasteiger partial charge is 0.397 e. The van der Waals surface area contributed by atoms with Crippen molar-refractivity contribution in [2.24, 2.45) is 0 Å². The summed E-state index contributed by atoms with van der Waals surface area (Å²) in [6.07, 6.45) is 0. The van der Waals surface area contributed by atoms with Crippen LogP contribution < -0.4 is 22.9 Å². The summed E-state index contributed by atoms with van der Waals surface area (Å²) in [6, 6.07) is 7.53. The molecule has 0 unspecified atom stereocenters. The molecule has 0 fully saturated rings. The maximum absolute atomic E-state index is 5.96. The van der Waals surface area contributed by atoms with Gasteiger partial charge in [-0.05, 0) is 48.2 Å². The van der Waals surface area contributed by atoms with Crippen LogP contribution in [0.3, 0.4) is 0 Å². The third-order valence-corrected chi connectivity index (χ3v) is 3.39. The highest BCUT2D eigenvalue weighted by Gasteiger charge is 2.11. The van der Waals surface area contributed by atoms with Crippen LogP contribution in [-0.4, -0.2) is 0 Å². The fraction of sp³-hybridized carbons (Fsp3) is 0.143. The molecule has 0 radical (unpaired) electrons. The van der Waals surface area contributed by atoms with Crippen LogP contribution >= 0.6 is 0 Å². The number of rotatable bonds is 1. The van der Waals surface area contributed by atoms with Gasteiger partial charge < -0.3 is 22.9 Å². The average Bonchev–Trinajstić information content (AvgIpc) is 2.35. The van der Waals surface area contributed by atoms with Gasteiger partial charge in [-0.2, -0.15) is 0 Å². The van der Waals surface area contributed by atoms with Gasteiger partial charge in [-0.15, -0.1) is 0 Å². The predicted molar refractivity (Wildman–Crippen MR) is 79.0 cm³/mol. The highest BCUT2D eigenvalue weighted by molar-refractivity contribution is 5.85. The van der Waals surface area contributed by atoms with Crippen LogP contribution in [0.25, 0.3) is 11.1 Å². The van der Waals surface area contributed by atoms with Crippen molar-refractivity contribution in [2.75, 3.05) is 22.9 Å². The molecule has 0 heterocycles. The minimum Gasteiger partial charge on any atom is -0.397 e. The second kappa shape index (κ2) is 4.14. The summed E-state index contributed by atoms with van der Waals surface area (Å²) in [6.45, 7) is 3.90. The molecule has 0 aliphatic rings. The molecule has 0 aliphatic carbocycles. The van der Waals surface area contributed by atoms with E-state index in [1.54, 1.807) is 0 Å². The van der Waals surface area contributed by atoms with E-state index in [0.717, 1.165) is 22.3 Å². The molecule has 0 amide bonds. The summed E-state index contributed by atoms with van der Waals surface area (Å²) in [4.78, 5) is 0. The molecule has 8 N–H and O–H groups in total. The van der Waals surface area contributed by atoms with E-state index in [1.807, 2.05) is 38.1 Å². The van der Waals surface area contributed by atoms with Gasteiger partial charge in [-0.25, -0.2) is 0 Å². The molecule has 2 aromatic carbocycles. The SMILES string of the molecule is Cc1c(-c2ccc(N)c(N)c2C)ccc(N)c1N. The third kappa shape index (κ3) is 1.72. The van der Waals surface area contributed by atoms with Gasteiger partial charge in [-0.1, -0.05) is 12.1 Å². The summed E-state index contributed by atoms with van der Waals surface area (Å²) in [7, 11) is 0. The molecule has 18 heavy (non-hydrogen) atoms. The van der Waals surface area contributed by atoms with E-state index in [2.05, 4.69) is 0 Å². The Hall–Kier alpha value is -2.36. The standard InChI is InChI=1S/C14H18N4/c1-7-9(3-5-11(15)13(7)17)10-4-6-12(16)14(18)8(10)2/h3-6H,15-18H2,1-2H3. The Balaban J connectivity index is 2.71. The summed E-state index contributed by atoms with van der Waals surface area (Å²) in [5.74, 6) is 0. The molecular formula is C14H18N4. The van der Waals surface area contributed by atoms with Crippen LogP contribution in [-0.2, 0) is 0 Å². The molecule has 2 aromatic rings. The third-order valence-electron chi connectivity index (χ3n) is 3.39. The van der Waals surface area contributed by atoms with Gasteiger partial charge >= 0.3 is 0 Å². The van der Waals surface area contributed by atoms with Crippen molar-refractivity contribution in [1.82, 2.24) is 0 Å². The van der Waals surface area contributed by atoms with Gasteiger partial charge in [0.05, 0.1) is 22.7 Å². The van der Waals surface area contributed by atoms with E-state index >= 15 is 0 Å². The first-order valence-electron chi connectivity index (χ1n) is 5.73. The summed E-state index contributed by atoms with van der Waals surface area (Å²) in [5.41, 5.74) is 29.9. The van der Waals surface area contributed by atoms with Crippen molar-refractivity contribution >= 4 is 22.7 Å². The van der Waals surface area contributed by atoms with Crippen molar-refractivity contribution in [3.63, 3.8) is 0 Å². The minimum absolute atomic E-state index is 0.595. The molecule has 0 spiro atoms. The number of hydrogen-bond acceptors (Lipinski definition) is 4. The highest BCUT2D eigenvalue weighted by atomic mass is 14.7. The first kappa shape index (κ1) is 12.1. The normalized spacial score (nSPS) is 10.6. The molecule has 0 atom stereocenters. The minimum atomic E-state index is 0.595. The number of nitrogen functional groups attached to an aromatic ring is 4. The fourth-order valence-corrected chi connectivity index (χ4v) is 2.08. The van der Waals surface area contributed by atoms with E-state index < -0.39 is 0 Å². The van der Waals surface area contributed by atoms with Gasteiger partial charge in [0.25, 0.3) is 0 Å². The zero-order valence-corrected chi connectivity index (χ0v) is 10.6. The quantitative estimate of drug-likeness (QED) is 0.576. The Bertz CT molecular complexity index is 562. The molecule has 0 aliphatic heterocycles. The van der Waals surface area contributed by atoms with Crippen molar-refractivity contribution in [3.8, 4) is 11.1 Å². The maximum Gasteiger partial charge on any atom is 0.0583 e. The Morgan fingerprint density at radius 3 is 1.28 bits per heavy atom. The topological polar surface area (TPSA) is 104 Å². The lowest BCUT2D eigenvalue weighted by Gasteiger charge is -2.15. The Morgan fingerprint density at radius 2 is 0.944 bits per heavy atom. The Morgan fingerprint density at radius 1 is 0.611 bits per heavy atom. The van der Waals surface area contributed by atoms with Gasteiger partial charge in [0.2, 0.25) is 0 Å². The van der Waals surface area contributed by atoms with Crippen LogP contribution in [0.5, 0.6) is 0 Å².